The second kappa shape index (κ2) is 10.2. The summed E-state index contributed by atoms with van der Waals surface area (Å²) in [5.74, 6) is -2.35. The first-order valence-corrected chi connectivity index (χ1v) is 9.43. The van der Waals surface area contributed by atoms with Crippen LogP contribution in [0, 0.1) is 13.8 Å². The van der Waals surface area contributed by atoms with E-state index in [4.69, 9.17) is 19.2 Å². The Labute approximate surface area is 171 Å². The highest BCUT2D eigenvalue weighted by Gasteiger charge is 2.35. The third-order valence-corrected chi connectivity index (χ3v) is 4.87. The van der Waals surface area contributed by atoms with Crippen LogP contribution >= 0.6 is 11.5 Å². The van der Waals surface area contributed by atoms with Crippen LogP contribution in [0.4, 0.5) is 10.8 Å². The molecule has 0 unspecified atom stereocenters. The summed E-state index contributed by atoms with van der Waals surface area (Å²) in [4.78, 5) is 38.5. The third-order valence-electron chi connectivity index (χ3n) is 4.00. The zero-order valence-electron chi connectivity index (χ0n) is 17.1. The lowest BCUT2D eigenvalue weighted by atomic mass is 10.1. The average Bonchev–Trinajstić information content (AvgIpc) is 3.19. The lowest BCUT2D eigenvalue weighted by Crippen LogP contribution is -2.27. The molecule has 2 rings (SSSR count). The minimum absolute atomic E-state index is 0.149. The first-order chi connectivity index (χ1) is 13.8. The van der Waals surface area contributed by atoms with Crippen LogP contribution in [0.15, 0.2) is 10.2 Å². The van der Waals surface area contributed by atoms with E-state index >= 15 is 0 Å². The maximum Gasteiger partial charge on any atom is 0.327 e. The van der Waals surface area contributed by atoms with E-state index in [1.54, 1.807) is 14.0 Å². The van der Waals surface area contributed by atoms with Gasteiger partial charge in [-0.05, 0) is 32.3 Å². The molecule has 0 aliphatic carbocycles. The Bertz CT molecular complexity index is 891. The number of hydrogen-bond acceptors (Lipinski definition) is 11. The second-order valence-electron chi connectivity index (χ2n) is 5.84. The van der Waals surface area contributed by atoms with Gasteiger partial charge in [-0.3, -0.25) is 9.59 Å². The van der Waals surface area contributed by atoms with Crippen LogP contribution in [0.2, 0.25) is 0 Å². The molecular formula is C17H23N5O6S. The van der Waals surface area contributed by atoms with Crippen molar-refractivity contribution >= 4 is 34.3 Å². The molecular weight excluding hydrogens is 402 g/mol. The number of nitrogens with zero attached hydrogens (tertiary/aromatic N) is 5. The van der Waals surface area contributed by atoms with Crippen LogP contribution in [0.25, 0.3) is 0 Å². The third kappa shape index (κ3) is 5.02. The number of carbonyl (C=O) groups excluding carboxylic acids is 2. The number of esters is 2. The predicted octanol–water partition coefficient (Wildman–Crippen LogP) is 2.81. The summed E-state index contributed by atoms with van der Waals surface area (Å²) < 4.78 is 15.2. The molecule has 158 valence electrons. The number of methoxy groups -OCH3 is 2. The van der Waals surface area contributed by atoms with Crippen molar-refractivity contribution in [3.63, 3.8) is 0 Å². The number of aromatic nitrogens is 3. The Morgan fingerprint density at radius 1 is 1.10 bits per heavy atom. The van der Waals surface area contributed by atoms with Crippen LogP contribution in [-0.2, 0) is 42.5 Å². The number of carbonyl (C=O) groups is 2. The zero-order chi connectivity index (χ0) is 21.6. The molecule has 0 aliphatic heterocycles. The summed E-state index contributed by atoms with van der Waals surface area (Å²) in [5.41, 5.74) is 2.01. The Hall–Kier alpha value is -2.70. The van der Waals surface area contributed by atoms with Gasteiger partial charge in [0.15, 0.2) is 10.8 Å². The highest BCUT2D eigenvalue weighted by molar-refractivity contribution is 7.10. The van der Waals surface area contributed by atoms with Gasteiger partial charge in [0, 0.05) is 12.6 Å². The van der Waals surface area contributed by atoms with Crippen molar-refractivity contribution in [1.29, 1.82) is 0 Å². The number of imidazole rings is 1. The maximum absolute atomic E-state index is 12.1. The van der Waals surface area contributed by atoms with Gasteiger partial charge in [0.05, 0.1) is 32.2 Å². The van der Waals surface area contributed by atoms with E-state index in [0.29, 0.717) is 23.1 Å². The first-order valence-electron chi connectivity index (χ1n) is 8.65. The molecule has 2 aromatic rings. The largest absolute Gasteiger partial charge is 0.468 e. The summed E-state index contributed by atoms with van der Waals surface area (Å²) >= 11 is 1.17. The van der Waals surface area contributed by atoms with Gasteiger partial charge in [-0.2, -0.15) is 4.37 Å². The normalized spacial score (nSPS) is 11.4. The zero-order valence-corrected chi connectivity index (χ0v) is 17.9. The van der Waals surface area contributed by atoms with Crippen molar-refractivity contribution in [2.24, 2.45) is 17.3 Å². The smallest absolute Gasteiger partial charge is 0.327 e. The molecule has 0 amide bonds. The number of rotatable bonds is 9. The summed E-state index contributed by atoms with van der Waals surface area (Å²) in [5, 5.41) is 9.06. The van der Waals surface area contributed by atoms with Gasteiger partial charge in [-0.25, -0.2) is 14.8 Å². The molecule has 0 aliphatic rings. The Morgan fingerprint density at radius 2 is 1.76 bits per heavy atom. The maximum atomic E-state index is 12.1. The molecule has 12 heteroatoms. The molecule has 0 saturated carbocycles. The lowest BCUT2D eigenvalue weighted by Gasteiger charge is -2.12. The van der Waals surface area contributed by atoms with E-state index < -0.39 is 17.9 Å². The van der Waals surface area contributed by atoms with Crippen LogP contribution in [-0.4, -0.2) is 46.7 Å². The highest BCUT2D eigenvalue weighted by atomic mass is 32.1. The van der Waals surface area contributed by atoms with Crippen LogP contribution in [0.1, 0.15) is 35.6 Å². The predicted molar refractivity (Wildman–Crippen MR) is 102 cm³/mol. The molecule has 11 nitrogen and oxygen atoms in total. The number of azo groups is 1. The summed E-state index contributed by atoms with van der Waals surface area (Å²) in [6.07, 6.45) is 0. The van der Waals surface area contributed by atoms with Gasteiger partial charge in [0.25, 0.3) is 0 Å². The fraction of sp³-hybridized carbons (Fsp3) is 0.529. The van der Waals surface area contributed by atoms with Crippen molar-refractivity contribution in [2.75, 3.05) is 20.8 Å². The number of aryl methyl sites for hydroxylation is 2. The van der Waals surface area contributed by atoms with E-state index in [9.17, 15) is 9.59 Å². The molecule has 29 heavy (non-hydrogen) atoms. The summed E-state index contributed by atoms with van der Waals surface area (Å²) in [6, 6.07) is 0. The van der Waals surface area contributed by atoms with Crippen molar-refractivity contribution in [2.45, 2.75) is 33.3 Å². The van der Waals surface area contributed by atoms with E-state index in [-0.39, 0.29) is 12.4 Å². The van der Waals surface area contributed by atoms with Gasteiger partial charge >= 0.3 is 11.9 Å². The number of hydrogen-bond donors (Lipinski definition) is 0. The highest BCUT2D eigenvalue weighted by Crippen LogP contribution is 2.32. The minimum Gasteiger partial charge on any atom is -0.468 e. The van der Waals surface area contributed by atoms with Crippen molar-refractivity contribution in [1.82, 2.24) is 13.9 Å². The Morgan fingerprint density at radius 3 is 2.34 bits per heavy atom. The molecule has 0 aromatic carbocycles. The fourth-order valence-corrected chi connectivity index (χ4v) is 3.21. The monoisotopic (exact) mass is 425 g/mol. The average molecular weight is 425 g/mol. The number of ether oxygens (including phenoxy) is 2. The quantitative estimate of drug-likeness (QED) is 0.150. The van der Waals surface area contributed by atoms with E-state index in [1.807, 2.05) is 13.8 Å². The van der Waals surface area contributed by atoms with Gasteiger partial charge < -0.3 is 14.0 Å². The van der Waals surface area contributed by atoms with Crippen LogP contribution in [0.5, 0.6) is 0 Å². The van der Waals surface area contributed by atoms with E-state index in [2.05, 4.69) is 19.6 Å². The SMILES string of the molecule is CCOOCc1c(C)nsc1/N=N/c1c(C)nc(C(C(=O)OC)C(=O)OC)n1C. The molecule has 0 saturated heterocycles. The summed E-state index contributed by atoms with van der Waals surface area (Å²) in [7, 11) is 4.00. The fourth-order valence-electron chi connectivity index (χ4n) is 2.49. The molecule has 0 atom stereocenters. The first kappa shape index (κ1) is 22.6. The minimum atomic E-state index is -1.32. The lowest BCUT2D eigenvalue weighted by molar-refractivity contribution is -0.300. The van der Waals surface area contributed by atoms with Gasteiger partial charge in [0.2, 0.25) is 5.92 Å². The molecule has 0 radical (unpaired) electrons. The van der Waals surface area contributed by atoms with E-state index in [1.165, 1.54) is 30.3 Å². The second-order valence-corrected chi connectivity index (χ2v) is 6.59. The Kier molecular flexibility index (Phi) is 7.93. The Balaban J connectivity index is 2.36. The van der Waals surface area contributed by atoms with Gasteiger partial charge in [0.1, 0.15) is 12.4 Å². The van der Waals surface area contributed by atoms with Gasteiger partial charge in [-0.15, -0.1) is 10.2 Å². The van der Waals surface area contributed by atoms with Crippen LogP contribution in [0.3, 0.4) is 0 Å². The molecule has 0 N–H and O–H groups in total. The van der Waals surface area contributed by atoms with Gasteiger partial charge in [-0.1, -0.05) is 0 Å². The van der Waals surface area contributed by atoms with Crippen molar-refractivity contribution in [3.05, 3.63) is 22.8 Å². The molecule has 2 aromatic heterocycles. The standard InChI is InChI=1S/C17H23N5O6S/c1-7-27-28-8-11-9(2)21-29-15(11)20-19-13-10(3)18-14(22(13)4)12(16(23)25-5)17(24)26-6/h12H,7-8H2,1-6H3/b20-19+. The van der Waals surface area contributed by atoms with Crippen molar-refractivity contribution < 1.29 is 28.8 Å². The summed E-state index contributed by atoms with van der Waals surface area (Å²) in [6.45, 7) is 5.96. The molecule has 0 fully saturated rings. The van der Waals surface area contributed by atoms with Crippen LogP contribution < -0.4 is 0 Å². The molecule has 0 bridgehead atoms. The van der Waals surface area contributed by atoms with Crippen molar-refractivity contribution in [3.8, 4) is 0 Å². The topological polar surface area (TPSA) is 126 Å². The van der Waals surface area contributed by atoms with E-state index in [0.717, 1.165) is 11.3 Å². The molecule has 0 spiro atoms. The molecule has 2 heterocycles.